The third-order valence-corrected chi connectivity index (χ3v) is 2.25. The minimum Gasteiger partial charge on any atom is -0.0776 e. The summed E-state index contributed by atoms with van der Waals surface area (Å²) < 4.78 is 0. The molecule has 0 N–H and O–H groups in total. The summed E-state index contributed by atoms with van der Waals surface area (Å²) in [5.41, 5.74) is 0.875. The van der Waals surface area contributed by atoms with E-state index in [0.29, 0.717) is 10.8 Å². The average Bonchev–Trinajstić information content (AvgIpc) is 1.25. The van der Waals surface area contributed by atoms with Crippen molar-refractivity contribution in [2.45, 2.75) is 56.4 Å². The first kappa shape index (κ1) is 16.5. The van der Waals surface area contributed by atoms with E-state index in [1.807, 2.05) is 0 Å². The Morgan fingerprint density at radius 3 is 0.600 bits per heavy atom. The van der Waals surface area contributed by atoms with Gasteiger partial charge in [0, 0.05) is 0 Å². The van der Waals surface area contributed by atoms with Gasteiger partial charge in [-0.3, -0.25) is 0 Å². The monoisotopic (exact) mass is 146 g/mol. The Balaban J connectivity index is -0.000000245. The summed E-state index contributed by atoms with van der Waals surface area (Å²) in [7, 11) is 0. The van der Waals surface area contributed by atoms with E-state index in [4.69, 9.17) is 0 Å². The standard InChI is InChI=1S/C8H18.2CH4/c1-7(2,3)8(4,5)6;;/h1-6H3;2*1H4. The maximum Gasteiger partial charge on any atom is -0.0334 e. The van der Waals surface area contributed by atoms with Crippen LogP contribution in [0, 0.1) is 10.8 Å². The zero-order chi connectivity index (χ0) is 7.00. The van der Waals surface area contributed by atoms with Gasteiger partial charge < -0.3 is 0 Å². The van der Waals surface area contributed by atoms with Crippen LogP contribution in [-0.2, 0) is 0 Å². The van der Waals surface area contributed by atoms with Crippen molar-refractivity contribution in [3.63, 3.8) is 0 Å². The summed E-state index contributed by atoms with van der Waals surface area (Å²) in [6, 6.07) is 0. The molecule has 0 aromatic rings. The fraction of sp³-hybridized carbons (Fsp3) is 1.00. The fourth-order valence-corrected chi connectivity index (χ4v) is 0. The van der Waals surface area contributed by atoms with Gasteiger partial charge in [0.2, 0.25) is 0 Å². The molecule has 10 heavy (non-hydrogen) atoms. The number of hydrogen-bond donors (Lipinski definition) is 0. The van der Waals surface area contributed by atoms with Crippen molar-refractivity contribution < 1.29 is 0 Å². The molecule has 0 unspecified atom stereocenters. The molecule has 0 bridgehead atoms. The Morgan fingerprint density at radius 2 is 0.600 bits per heavy atom. The molecule has 0 rings (SSSR count). The molecule has 0 heterocycles. The van der Waals surface area contributed by atoms with E-state index in [1.54, 1.807) is 0 Å². The predicted molar refractivity (Wildman–Crippen MR) is 52.4 cm³/mol. The highest BCUT2D eigenvalue weighted by atomic mass is 14.3. The molecular weight excluding hydrogens is 120 g/mol. The average molecular weight is 146 g/mol. The van der Waals surface area contributed by atoms with Crippen molar-refractivity contribution in [1.29, 1.82) is 0 Å². The molecule has 0 spiro atoms. The smallest absolute Gasteiger partial charge is 0.0334 e. The molecule has 0 nitrogen and oxygen atoms in total. The van der Waals surface area contributed by atoms with E-state index >= 15 is 0 Å². The highest BCUT2D eigenvalue weighted by molar-refractivity contribution is 4.76. The molecule has 0 amide bonds. The van der Waals surface area contributed by atoms with Gasteiger partial charge >= 0.3 is 0 Å². The lowest BCUT2D eigenvalue weighted by Crippen LogP contribution is -2.25. The van der Waals surface area contributed by atoms with Crippen LogP contribution in [0.3, 0.4) is 0 Å². The maximum absolute atomic E-state index is 2.27. The fourth-order valence-electron chi connectivity index (χ4n) is 0. The van der Waals surface area contributed by atoms with Crippen molar-refractivity contribution in [2.24, 2.45) is 10.8 Å². The quantitative estimate of drug-likeness (QED) is 0.476. The molecule has 0 heteroatoms. The summed E-state index contributed by atoms with van der Waals surface area (Å²) >= 11 is 0. The Labute approximate surface area is 68.0 Å². The first-order valence-electron chi connectivity index (χ1n) is 3.25. The summed E-state index contributed by atoms with van der Waals surface area (Å²) in [5, 5.41) is 0. The lowest BCUT2D eigenvalue weighted by atomic mass is 9.71. The maximum atomic E-state index is 2.27. The summed E-state index contributed by atoms with van der Waals surface area (Å²) in [4.78, 5) is 0. The molecule has 0 aromatic heterocycles. The van der Waals surface area contributed by atoms with E-state index < -0.39 is 0 Å². The molecule has 0 aliphatic rings. The Bertz CT molecular complexity index is 55.0. The van der Waals surface area contributed by atoms with Crippen LogP contribution < -0.4 is 0 Å². The SMILES string of the molecule is C.C.CC(C)(C)C(C)(C)C. The normalized spacial score (nSPS) is 11.4. The van der Waals surface area contributed by atoms with Crippen LogP contribution in [0.15, 0.2) is 0 Å². The summed E-state index contributed by atoms with van der Waals surface area (Å²) in [6.45, 7) is 13.6. The number of rotatable bonds is 0. The van der Waals surface area contributed by atoms with Gasteiger partial charge in [-0.05, 0) is 10.8 Å². The van der Waals surface area contributed by atoms with Crippen LogP contribution in [0.1, 0.15) is 56.4 Å². The highest BCUT2D eigenvalue weighted by Gasteiger charge is 2.26. The lowest BCUT2D eigenvalue weighted by molar-refractivity contribution is 0.157. The van der Waals surface area contributed by atoms with E-state index in [1.165, 1.54) is 0 Å². The van der Waals surface area contributed by atoms with Crippen LogP contribution in [-0.4, -0.2) is 0 Å². The molecular formula is C10H26. The zero-order valence-electron chi connectivity index (χ0n) is 7.00. The van der Waals surface area contributed by atoms with Gasteiger partial charge in [-0.2, -0.15) is 0 Å². The number of hydrogen-bond acceptors (Lipinski definition) is 0. The molecule has 0 aliphatic heterocycles. The van der Waals surface area contributed by atoms with Crippen molar-refractivity contribution in [1.82, 2.24) is 0 Å². The third-order valence-electron chi connectivity index (χ3n) is 2.25. The molecule has 0 saturated heterocycles. The summed E-state index contributed by atoms with van der Waals surface area (Å²) in [6.07, 6.45) is 0. The van der Waals surface area contributed by atoms with E-state index in [-0.39, 0.29) is 14.9 Å². The third kappa shape index (κ3) is 4.84. The van der Waals surface area contributed by atoms with Gasteiger partial charge in [0.15, 0.2) is 0 Å². The molecule has 0 aromatic carbocycles. The summed E-state index contributed by atoms with van der Waals surface area (Å²) in [5.74, 6) is 0. The topological polar surface area (TPSA) is 0 Å². The van der Waals surface area contributed by atoms with Crippen molar-refractivity contribution in [2.75, 3.05) is 0 Å². The second-order valence-corrected chi connectivity index (χ2v) is 4.50. The molecule has 0 saturated carbocycles. The minimum absolute atomic E-state index is 0. The first-order chi connectivity index (χ1) is 3.25. The van der Waals surface area contributed by atoms with Crippen molar-refractivity contribution in [3.05, 3.63) is 0 Å². The molecule has 0 fully saturated rings. The van der Waals surface area contributed by atoms with Gasteiger partial charge in [0.05, 0.1) is 0 Å². The van der Waals surface area contributed by atoms with Crippen LogP contribution in [0.5, 0.6) is 0 Å². The van der Waals surface area contributed by atoms with E-state index in [0.717, 1.165) is 0 Å². The van der Waals surface area contributed by atoms with E-state index in [2.05, 4.69) is 41.5 Å². The minimum atomic E-state index is 0. The van der Waals surface area contributed by atoms with Gasteiger partial charge in [-0.25, -0.2) is 0 Å². The van der Waals surface area contributed by atoms with Crippen molar-refractivity contribution >= 4 is 0 Å². The second kappa shape index (κ2) is 4.00. The Kier molecular flexibility index (Phi) is 6.61. The van der Waals surface area contributed by atoms with Crippen LogP contribution in [0.25, 0.3) is 0 Å². The van der Waals surface area contributed by atoms with Gasteiger partial charge in [-0.1, -0.05) is 56.4 Å². The van der Waals surface area contributed by atoms with Crippen LogP contribution >= 0.6 is 0 Å². The lowest BCUT2D eigenvalue weighted by Gasteiger charge is -2.34. The first-order valence-corrected chi connectivity index (χ1v) is 3.25. The molecule has 0 aliphatic carbocycles. The zero-order valence-corrected chi connectivity index (χ0v) is 7.00. The Hall–Kier alpha value is 0. The second-order valence-electron chi connectivity index (χ2n) is 4.50. The van der Waals surface area contributed by atoms with Crippen LogP contribution in [0.4, 0.5) is 0 Å². The Morgan fingerprint density at radius 1 is 0.500 bits per heavy atom. The van der Waals surface area contributed by atoms with Gasteiger partial charge in [-0.15, -0.1) is 0 Å². The molecule has 0 radical (unpaired) electrons. The highest BCUT2D eigenvalue weighted by Crippen LogP contribution is 2.36. The molecule has 0 atom stereocenters. The largest absolute Gasteiger partial charge is 0.0776 e. The predicted octanol–water partition coefficient (Wildman–Crippen LogP) is 4.35. The van der Waals surface area contributed by atoms with Gasteiger partial charge in [0.1, 0.15) is 0 Å². The van der Waals surface area contributed by atoms with Crippen molar-refractivity contribution in [3.8, 4) is 0 Å². The van der Waals surface area contributed by atoms with E-state index in [9.17, 15) is 0 Å². The van der Waals surface area contributed by atoms with Crippen LogP contribution in [0.2, 0.25) is 0 Å². The van der Waals surface area contributed by atoms with Gasteiger partial charge in [0.25, 0.3) is 0 Å². The molecule has 66 valence electrons.